The number of ether oxygens (including phenoxy) is 1. The maximum Gasteiger partial charge on any atom is 0.306 e. The van der Waals surface area contributed by atoms with Crippen molar-refractivity contribution in [3.05, 3.63) is 0 Å². The van der Waals surface area contributed by atoms with E-state index < -0.39 is 0 Å². The average Bonchev–Trinajstić information content (AvgIpc) is 2.85. The summed E-state index contributed by atoms with van der Waals surface area (Å²) >= 11 is 4.26. The topological polar surface area (TPSA) is 26.3 Å². The lowest BCUT2D eigenvalue weighted by molar-refractivity contribution is -0.151. The van der Waals surface area contributed by atoms with Gasteiger partial charge in [0.05, 0.1) is 6.42 Å². The first-order valence-corrected chi connectivity index (χ1v) is 5.93. The number of esters is 1. The highest BCUT2D eigenvalue weighted by molar-refractivity contribution is 7.80. The fraction of sp³-hybridized carbons (Fsp3) is 0.909. The van der Waals surface area contributed by atoms with Gasteiger partial charge in [-0.3, -0.25) is 4.79 Å². The SMILES string of the molecule is CC(C)C(C)OC(=O)CC1(CS)CC1. The first-order valence-electron chi connectivity index (χ1n) is 5.29. The van der Waals surface area contributed by atoms with E-state index in [9.17, 15) is 4.79 Å². The molecule has 1 saturated carbocycles. The van der Waals surface area contributed by atoms with Gasteiger partial charge in [0.25, 0.3) is 0 Å². The highest BCUT2D eigenvalue weighted by Crippen LogP contribution is 2.49. The Kier molecular flexibility index (Phi) is 3.87. The quantitative estimate of drug-likeness (QED) is 0.565. The molecule has 1 unspecified atom stereocenters. The van der Waals surface area contributed by atoms with Crippen LogP contribution in [0.25, 0.3) is 0 Å². The van der Waals surface area contributed by atoms with Gasteiger partial charge < -0.3 is 4.74 Å². The van der Waals surface area contributed by atoms with Crippen molar-refractivity contribution in [1.82, 2.24) is 0 Å². The van der Waals surface area contributed by atoms with Gasteiger partial charge in [0, 0.05) is 0 Å². The molecule has 0 spiro atoms. The van der Waals surface area contributed by atoms with Crippen LogP contribution in [0.1, 0.15) is 40.0 Å². The Labute approximate surface area is 91.8 Å². The van der Waals surface area contributed by atoms with E-state index in [0.717, 1.165) is 18.6 Å². The molecule has 3 heteroatoms. The van der Waals surface area contributed by atoms with Gasteiger partial charge >= 0.3 is 5.97 Å². The zero-order chi connectivity index (χ0) is 10.8. The maximum atomic E-state index is 11.5. The predicted octanol–water partition coefficient (Wildman–Crippen LogP) is 2.67. The summed E-state index contributed by atoms with van der Waals surface area (Å²) in [4.78, 5) is 11.5. The first kappa shape index (κ1) is 11.9. The van der Waals surface area contributed by atoms with Gasteiger partial charge in [-0.25, -0.2) is 0 Å². The van der Waals surface area contributed by atoms with Crippen molar-refractivity contribution in [2.45, 2.75) is 46.1 Å². The van der Waals surface area contributed by atoms with Gasteiger partial charge in [-0.05, 0) is 36.9 Å². The summed E-state index contributed by atoms with van der Waals surface area (Å²) < 4.78 is 5.32. The summed E-state index contributed by atoms with van der Waals surface area (Å²) in [5.41, 5.74) is 0.177. The minimum Gasteiger partial charge on any atom is -0.462 e. The lowest BCUT2D eigenvalue weighted by atomic mass is 10.1. The Balaban J connectivity index is 2.29. The minimum atomic E-state index is -0.0576. The molecule has 1 atom stereocenters. The summed E-state index contributed by atoms with van der Waals surface area (Å²) in [5, 5.41) is 0. The molecule has 1 aliphatic rings. The van der Waals surface area contributed by atoms with Gasteiger partial charge in [0.15, 0.2) is 0 Å². The molecule has 14 heavy (non-hydrogen) atoms. The van der Waals surface area contributed by atoms with E-state index in [1.165, 1.54) is 0 Å². The van der Waals surface area contributed by atoms with E-state index >= 15 is 0 Å². The molecule has 1 aliphatic carbocycles. The number of hydrogen-bond acceptors (Lipinski definition) is 3. The van der Waals surface area contributed by atoms with Gasteiger partial charge in [-0.15, -0.1) is 0 Å². The van der Waals surface area contributed by atoms with Crippen molar-refractivity contribution < 1.29 is 9.53 Å². The lowest BCUT2D eigenvalue weighted by Gasteiger charge is -2.18. The number of rotatable bonds is 5. The molecule has 1 fully saturated rings. The Morgan fingerprint density at radius 3 is 2.36 bits per heavy atom. The van der Waals surface area contributed by atoms with E-state index in [-0.39, 0.29) is 17.5 Å². The van der Waals surface area contributed by atoms with Crippen LogP contribution in [-0.2, 0) is 9.53 Å². The molecule has 0 radical (unpaired) electrons. The molecule has 2 nitrogen and oxygen atoms in total. The van der Waals surface area contributed by atoms with Crippen molar-refractivity contribution in [2.24, 2.45) is 11.3 Å². The van der Waals surface area contributed by atoms with Crippen LogP contribution in [0.3, 0.4) is 0 Å². The lowest BCUT2D eigenvalue weighted by Crippen LogP contribution is -2.22. The second-order valence-corrected chi connectivity index (χ2v) is 5.09. The molecule has 82 valence electrons. The third-order valence-electron chi connectivity index (χ3n) is 3.07. The fourth-order valence-electron chi connectivity index (χ4n) is 1.26. The van der Waals surface area contributed by atoms with Crippen LogP contribution in [0.5, 0.6) is 0 Å². The Bertz CT molecular complexity index is 209. The van der Waals surface area contributed by atoms with Crippen molar-refractivity contribution in [1.29, 1.82) is 0 Å². The molecule has 0 aromatic heterocycles. The standard InChI is InChI=1S/C11H20O2S/c1-8(2)9(3)13-10(12)6-11(7-14)4-5-11/h8-9,14H,4-7H2,1-3H3. The molecule has 0 aromatic carbocycles. The van der Waals surface area contributed by atoms with Gasteiger partial charge in [-0.2, -0.15) is 12.6 Å². The molecule has 0 aromatic rings. The molecular weight excluding hydrogens is 196 g/mol. The highest BCUT2D eigenvalue weighted by Gasteiger charge is 2.43. The summed E-state index contributed by atoms with van der Waals surface area (Å²) in [7, 11) is 0. The zero-order valence-electron chi connectivity index (χ0n) is 9.25. The Morgan fingerprint density at radius 1 is 1.43 bits per heavy atom. The van der Waals surface area contributed by atoms with Crippen molar-refractivity contribution in [3.8, 4) is 0 Å². The summed E-state index contributed by atoms with van der Waals surface area (Å²) in [5.74, 6) is 1.14. The molecule has 0 amide bonds. The Morgan fingerprint density at radius 2 is 2.00 bits per heavy atom. The number of thiol groups is 1. The van der Waals surface area contributed by atoms with Crippen molar-refractivity contribution in [3.63, 3.8) is 0 Å². The van der Waals surface area contributed by atoms with Crippen molar-refractivity contribution in [2.75, 3.05) is 5.75 Å². The summed E-state index contributed by atoms with van der Waals surface area (Å²) in [6, 6.07) is 0. The number of carbonyl (C=O) groups is 1. The largest absolute Gasteiger partial charge is 0.462 e. The molecule has 0 N–H and O–H groups in total. The smallest absolute Gasteiger partial charge is 0.306 e. The summed E-state index contributed by atoms with van der Waals surface area (Å²) in [6.45, 7) is 6.07. The van der Waals surface area contributed by atoms with E-state index in [1.54, 1.807) is 0 Å². The van der Waals surface area contributed by atoms with Crippen LogP contribution in [0.2, 0.25) is 0 Å². The molecule has 0 heterocycles. The van der Waals surface area contributed by atoms with Crippen LogP contribution in [0.15, 0.2) is 0 Å². The van der Waals surface area contributed by atoms with Crippen molar-refractivity contribution >= 4 is 18.6 Å². The monoisotopic (exact) mass is 216 g/mol. The predicted molar refractivity (Wildman–Crippen MR) is 60.5 cm³/mol. The molecule has 0 bridgehead atoms. The number of carbonyl (C=O) groups excluding carboxylic acids is 1. The fourth-order valence-corrected chi connectivity index (χ4v) is 1.69. The second-order valence-electron chi connectivity index (χ2n) is 4.77. The number of hydrogen-bond donors (Lipinski definition) is 1. The molecule has 1 rings (SSSR count). The zero-order valence-corrected chi connectivity index (χ0v) is 10.1. The van der Waals surface area contributed by atoms with Crippen LogP contribution in [0, 0.1) is 11.3 Å². The van der Waals surface area contributed by atoms with Gasteiger partial charge in [0.1, 0.15) is 6.10 Å². The van der Waals surface area contributed by atoms with E-state index in [4.69, 9.17) is 4.74 Å². The highest BCUT2D eigenvalue weighted by atomic mass is 32.1. The average molecular weight is 216 g/mol. The van der Waals surface area contributed by atoms with Gasteiger partial charge in [0.2, 0.25) is 0 Å². The van der Waals surface area contributed by atoms with E-state index in [0.29, 0.717) is 12.3 Å². The third-order valence-corrected chi connectivity index (χ3v) is 3.74. The van der Waals surface area contributed by atoms with E-state index in [1.807, 2.05) is 6.92 Å². The second kappa shape index (κ2) is 4.56. The minimum absolute atomic E-state index is 0.0261. The van der Waals surface area contributed by atoms with Crippen LogP contribution < -0.4 is 0 Å². The molecular formula is C11H20O2S. The van der Waals surface area contributed by atoms with Crippen LogP contribution >= 0.6 is 12.6 Å². The molecule has 0 aliphatic heterocycles. The van der Waals surface area contributed by atoms with Crippen LogP contribution in [-0.4, -0.2) is 17.8 Å². The van der Waals surface area contributed by atoms with Gasteiger partial charge in [-0.1, -0.05) is 13.8 Å². The van der Waals surface area contributed by atoms with E-state index in [2.05, 4.69) is 26.5 Å². The maximum absolute atomic E-state index is 11.5. The third kappa shape index (κ3) is 3.19. The summed E-state index contributed by atoms with van der Waals surface area (Å²) in [6.07, 6.45) is 2.83. The Hall–Kier alpha value is -0.180. The first-order chi connectivity index (χ1) is 6.49. The van der Waals surface area contributed by atoms with Crippen LogP contribution in [0.4, 0.5) is 0 Å². The molecule has 0 saturated heterocycles. The normalized spacial score (nSPS) is 20.6.